The number of hydrogen-bond acceptors (Lipinski definition) is 3. The van der Waals surface area contributed by atoms with Gasteiger partial charge in [-0.1, -0.05) is 24.8 Å². The number of carbonyl (C=O) groups is 1. The van der Waals surface area contributed by atoms with Crippen molar-refractivity contribution >= 4 is 12.0 Å². The first-order valence-electron chi connectivity index (χ1n) is 8.27. The Hall–Kier alpha value is -2.96. The number of aromatic hydroxyl groups is 1. The van der Waals surface area contributed by atoms with E-state index < -0.39 is 11.7 Å². The van der Waals surface area contributed by atoms with Gasteiger partial charge in [0.15, 0.2) is 0 Å². The second kappa shape index (κ2) is 6.98. The van der Waals surface area contributed by atoms with Gasteiger partial charge >= 0.3 is 6.18 Å². The number of phenols is 1. The SMILES string of the molecule is C=Cc1c(OC)cc2c(c1O)CN(CCc1ccc(C(F)(F)F)cc1)C2=O. The highest BCUT2D eigenvalue weighted by atomic mass is 19.4. The molecule has 1 aliphatic rings. The van der Waals surface area contributed by atoms with Gasteiger partial charge in [0, 0.05) is 12.1 Å². The Kier molecular flexibility index (Phi) is 4.87. The summed E-state index contributed by atoms with van der Waals surface area (Å²) in [7, 11) is 1.44. The molecule has 0 aliphatic carbocycles. The molecule has 0 unspecified atom stereocenters. The summed E-state index contributed by atoms with van der Waals surface area (Å²) in [5.41, 5.74) is 1.28. The molecule has 0 radical (unpaired) electrons. The van der Waals surface area contributed by atoms with Crippen molar-refractivity contribution in [3.63, 3.8) is 0 Å². The minimum atomic E-state index is -4.37. The van der Waals surface area contributed by atoms with Crippen LogP contribution in [-0.4, -0.2) is 29.6 Å². The first-order valence-corrected chi connectivity index (χ1v) is 8.27. The molecule has 0 fully saturated rings. The summed E-state index contributed by atoms with van der Waals surface area (Å²) in [6, 6.07) is 6.46. The Morgan fingerprint density at radius 3 is 2.52 bits per heavy atom. The van der Waals surface area contributed by atoms with Crippen molar-refractivity contribution in [1.29, 1.82) is 0 Å². The number of benzene rings is 2. The molecule has 2 aromatic carbocycles. The van der Waals surface area contributed by atoms with E-state index in [1.807, 2.05) is 0 Å². The lowest BCUT2D eigenvalue weighted by atomic mass is 10.0. The standard InChI is InChI=1S/C20H18F3NO3/c1-3-14-17(27-2)10-15-16(18(14)25)11-24(19(15)26)9-8-12-4-6-13(7-5-12)20(21,22)23/h3-7,10,25H,1,8-9,11H2,2H3. The van der Waals surface area contributed by atoms with E-state index in [2.05, 4.69) is 6.58 Å². The number of methoxy groups -OCH3 is 1. The summed E-state index contributed by atoms with van der Waals surface area (Å²) in [6.45, 7) is 4.20. The van der Waals surface area contributed by atoms with E-state index in [0.29, 0.717) is 41.0 Å². The third-order valence-electron chi connectivity index (χ3n) is 4.65. The van der Waals surface area contributed by atoms with Gasteiger partial charge in [-0.05, 0) is 30.2 Å². The third kappa shape index (κ3) is 3.49. The number of hydrogen-bond donors (Lipinski definition) is 1. The Bertz CT molecular complexity index is 889. The number of amides is 1. The van der Waals surface area contributed by atoms with Crippen LogP contribution < -0.4 is 4.74 Å². The molecule has 0 bridgehead atoms. The fourth-order valence-electron chi connectivity index (χ4n) is 3.16. The Balaban J connectivity index is 1.75. The second-order valence-electron chi connectivity index (χ2n) is 6.24. The van der Waals surface area contributed by atoms with Crippen molar-refractivity contribution in [2.45, 2.75) is 19.1 Å². The number of alkyl halides is 3. The molecule has 142 valence electrons. The molecule has 1 N–H and O–H groups in total. The lowest BCUT2D eigenvalue weighted by molar-refractivity contribution is -0.137. The summed E-state index contributed by atoms with van der Waals surface area (Å²) < 4.78 is 43.1. The maximum absolute atomic E-state index is 12.6. The van der Waals surface area contributed by atoms with Crippen LogP contribution in [0.3, 0.4) is 0 Å². The summed E-state index contributed by atoms with van der Waals surface area (Å²) in [6.07, 6.45) is -2.50. The van der Waals surface area contributed by atoms with E-state index in [4.69, 9.17) is 4.74 Å². The van der Waals surface area contributed by atoms with E-state index >= 15 is 0 Å². The zero-order valence-corrected chi connectivity index (χ0v) is 14.6. The normalized spacial score (nSPS) is 13.6. The van der Waals surface area contributed by atoms with Crippen LogP contribution >= 0.6 is 0 Å². The van der Waals surface area contributed by atoms with Crippen LogP contribution in [-0.2, 0) is 19.1 Å². The van der Waals surface area contributed by atoms with Crippen LogP contribution in [0.4, 0.5) is 13.2 Å². The van der Waals surface area contributed by atoms with Crippen molar-refractivity contribution < 1.29 is 27.8 Å². The molecular formula is C20H18F3NO3. The quantitative estimate of drug-likeness (QED) is 0.847. The maximum Gasteiger partial charge on any atom is 0.416 e. The zero-order chi connectivity index (χ0) is 19.8. The maximum atomic E-state index is 12.6. The number of carbonyl (C=O) groups excluding carboxylic acids is 1. The molecule has 0 atom stereocenters. The van der Waals surface area contributed by atoms with Crippen LogP contribution in [0.1, 0.15) is 32.6 Å². The number of fused-ring (bicyclic) bond motifs is 1. The number of ether oxygens (including phenoxy) is 1. The van der Waals surface area contributed by atoms with Gasteiger partial charge in [-0.25, -0.2) is 0 Å². The predicted molar refractivity (Wildman–Crippen MR) is 94.6 cm³/mol. The minimum Gasteiger partial charge on any atom is -0.507 e. The molecule has 2 aromatic rings. The topological polar surface area (TPSA) is 49.8 Å². The van der Waals surface area contributed by atoms with E-state index in [0.717, 1.165) is 12.1 Å². The lowest BCUT2D eigenvalue weighted by Gasteiger charge is -2.15. The summed E-state index contributed by atoms with van der Waals surface area (Å²) in [5, 5.41) is 10.4. The molecule has 1 aliphatic heterocycles. The monoisotopic (exact) mass is 377 g/mol. The second-order valence-corrected chi connectivity index (χ2v) is 6.24. The van der Waals surface area contributed by atoms with Crippen molar-refractivity contribution in [2.75, 3.05) is 13.7 Å². The van der Waals surface area contributed by atoms with E-state index in [1.165, 1.54) is 25.3 Å². The van der Waals surface area contributed by atoms with Gasteiger partial charge in [0.05, 0.1) is 30.3 Å². The van der Waals surface area contributed by atoms with Crippen molar-refractivity contribution in [3.8, 4) is 11.5 Å². The highest BCUT2D eigenvalue weighted by Gasteiger charge is 2.32. The van der Waals surface area contributed by atoms with Crippen molar-refractivity contribution in [2.24, 2.45) is 0 Å². The summed E-state index contributed by atoms with van der Waals surface area (Å²) in [5.74, 6) is 0.0741. The molecule has 1 amide bonds. The van der Waals surface area contributed by atoms with E-state index in [9.17, 15) is 23.1 Å². The van der Waals surface area contributed by atoms with Gasteiger partial charge in [-0.3, -0.25) is 4.79 Å². The molecule has 0 saturated heterocycles. The fourth-order valence-corrected chi connectivity index (χ4v) is 3.16. The molecule has 7 heteroatoms. The largest absolute Gasteiger partial charge is 0.507 e. The molecule has 0 saturated carbocycles. The number of halogens is 3. The number of nitrogens with zero attached hydrogens (tertiary/aromatic N) is 1. The van der Waals surface area contributed by atoms with Gasteiger partial charge in [0.25, 0.3) is 5.91 Å². The van der Waals surface area contributed by atoms with Gasteiger partial charge in [0.1, 0.15) is 11.5 Å². The molecular weight excluding hydrogens is 359 g/mol. The Morgan fingerprint density at radius 1 is 1.30 bits per heavy atom. The number of rotatable bonds is 5. The molecule has 1 heterocycles. The van der Waals surface area contributed by atoms with Crippen LogP contribution in [0.25, 0.3) is 6.08 Å². The van der Waals surface area contributed by atoms with Gasteiger partial charge in [-0.2, -0.15) is 13.2 Å². The van der Waals surface area contributed by atoms with Crippen molar-refractivity contribution in [3.05, 3.63) is 64.7 Å². The highest BCUT2D eigenvalue weighted by Crippen LogP contribution is 2.39. The predicted octanol–water partition coefficient (Wildman–Crippen LogP) is 4.26. The summed E-state index contributed by atoms with van der Waals surface area (Å²) >= 11 is 0. The van der Waals surface area contributed by atoms with Crippen molar-refractivity contribution in [1.82, 2.24) is 4.90 Å². The van der Waals surface area contributed by atoms with E-state index in [1.54, 1.807) is 11.0 Å². The molecule has 3 rings (SSSR count). The van der Waals surface area contributed by atoms with Gasteiger partial charge in [0.2, 0.25) is 0 Å². The molecule has 27 heavy (non-hydrogen) atoms. The highest BCUT2D eigenvalue weighted by molar-refractivity contribution is 6.00. The van der Waals surface area contributed by atoms with Gasteiger partial charge < -0.3 is 14.7 Å². The zero-order valence-electron chi connectivity index (χ0n) is 14.6. The average Bonchev–Trinajstić information content (AvgIpc) is 2.96. The summed E-state index contributed by atoms with van der Waals surface area (Å²) in [4.78, 5) is 14.2. The molecule has 0 spiro atoms. The van der Waals surface area contributed by atoms with Crippen LogP contribution in [0.2, 0.25) is 0 Å². The Morgan fingerprint density at radius 2 is 1.96 bits per heavy atom. The minimum absolute atomic E-state index is 0.0373. The molecule has 0 aromatic heterocycles. The number of phenolic OH excluding ortho intramolecular Hbond substituents is 1. The third-order valence-corrected chi connectivity index (χ3v) is 4.65. The van der Waals surface area contributed by atoms with Crippen LogP contribution in [0.15, 0.2) is 36.9 Å². The van der Waals surface area contributed by atoms with Crippen LogP contribution in [0.5, 0.6) is 11.5 Å². The van der Waals surface area contributed by atoms with E-state index in [-0.39, 0.29) is 18.2 Å². The Labute approximate surface area is 154 Å². The smallest absolute Gasteiger partial charge is 0.416 e. The molecule has 4 nitrogen and oxygen atoms in total. The van der Waals surface area contributed by atoms with Crippen LogP contribution in [0, 0.1) is 0 Å². The van der Waals surface area contributed by atoms with Gasteiger partial charge in [-0.15, -0.1) is 0 Å². The lowest BCUT2D eigenvalue weighted by Crippen LogP contribution is -2.26. The first-order chi connectivity index (χ1) is 12.8. The first kappa shape index (κ1) is 18.8. The average molecular weight is 377 g/mol. The fraction of sp³-hybridized carbons (Fsp3) is 0.250.